The molecule has 0 saturated carbocycles. The molecule has 1 aromatic rings. The Bertz CT molecular complexity index is 554. The van der Waals surface area contributed by atoms with E-state index in [1.807, 2.05) is 20.8 Å². The highest BCUT2D eigenvalue weighted by molar-refractivity contribution is 5.78. The average molecular weight is 322 g/mol. The molecule has 1 aliphatic heterocycles. The number of rotatable bonds is 3. The minimum Gasteiger partial charge on any atom is -0.361 e. The summed E-state index contributed by atoms with van der Waals surface area (Å²) >= 11 is 0. The highest BCUT2D eigenvalue weighted by Gasteiger charge is 2.26. The fraction of sp³-hybridized carbons (Fsp3) is 0.688. The van der Waals surface area contributed by atoms with Crippen molar-refractivity contribution in [3.05, 3.63) is 17.5 Å². The SMILES string of the molecule is Cc1cc(CC(=O)NC2CCN(C(=O)NC(C)(C)C)CC2)no1. The third-order valence-electron chi connectivity index (χ3n) is 3.65. The van der Waals surface area contributed by atoms with Gasteiger partial charge in [0.25, 0.3) is 0 Å². The first-order chi connectivity index (χ1) is 10.7. The number of amides is 3. The number of likely N-dealkylation sites (tertiary alicyclic amines) is 1. The molecule has 0 unspecified atom stereocenters. The van der Waals surface area contributed by atoms with E-state index in [0.29, 0.717) is 24.5 Å². The first-order valence-corrected chi connectivity index (χ1v) is 8.01. The van der Waals surface area contributed by atoms with Crippen LogP contribution in [0.2, 0.25) is 0 Å². The molecule has 0 atom stereocenters. The molecule has 0 aliphatic carbocycles. The van der Waals surface area contributed by atoms with E-state index in [9.17, 15) is 9.59 Å². The van der Waals surface area contributed by atoms with Crippen LogP contribution in [-0.4, -0.2) is 46.7 Å². The molecule has 0 bridgehead atoms. The van der Waals surface area contributed by atoms with Crippen molar-refractivity contribution in [2.75, 3.05) is 13.1 Å². The third-order valence-corrected chi connectivity index (χ3v) is 3.65. The Kier molecular flexibility index (Phi) is 5.28. The lowest BCUT2D eigenvalue weighted by atomic mass is 10.0. The van der Waals surface area contributed by atoms with E-state index in [1.54, 1.807) is 17.9 Å². The Morgan fingerprint density at radius 3 is 2.52 bits per heavy atom. The molecule has 2 heterocycles. The summed E-state index contributed by atoms with van der Waals surface area (Å²) in [5.74, 6) is 0.641. The van der Waals surface area contributed by atoms with Crippen molar-refractivity contribution in [2.45, 2.75) is 58.5 Å². The first-order valence-electron chi connectivity index (χ1n) is 8.01. The van der Waals surface area contributed by atoms with Gasteiger partial charge in [0.1, 0.15) is 5.76 Å². The van der Waals surface area contributed by atoms with Crippen molar-refractivity contribution >= 4 is 11.9 Å². The van der Waals surface area contributed by atoms with Crippen molar-refractivity contribution in [1.29, 1.82) is 0 Å². The van der Waals surface area contributed by atoms with Gasteiger partial charge in [-0.15, -0.1) is 0 Å². The zero-order valence-corrected chi connectivity index (χ0v) is 14.3. The second-order valence-electron chi connectivity index (χ2n) is 7.11. The normalized spacial score (nSPS) is 16.3. The molecular formula is C16H26N4O3. The first kappa shape index (κ1) is 17.3. The Hall–Kier alpha value is -2.05. The summed E-state index contributed by atoms with van der Waals surface area (Å²) in [6.07, 6.45) is 1.75. The largest absolute Gasteiger partial charge is 0.361 e. The van der Waals surface area contributed by atoms with Crippen molar-refractivity contribution < 1.29 is 14.1 Å². The Labute approximate surface area is 136 Å². The number of nitrogens with one attached hydrogen (secondary N) is 2. The lowest BCUT2D eigenvalue weighted by molar-refractivity contribution is -0.121. The fourth-order valence-corrected chi connectivity index (χ4v) is 2.57. The molecule has 0 aromatic carbocycles. The second kappa shape index (κ2) is 7.02. The highest BCUT2D eigenvalue weighted by atomic mass is 16.5. The van der Waals surface area contributed by atoms with Gasteiger partial charge in [0.05, 0.1) is 12.1 Å². The molecule has 0 radical (unpaired) electrons. The zero-order valence-electron chi connectivity index (χ0n) is 14.3. The predicted molar refractivity (Wildman–Crippen MR) is 86.0 cm³/mol. The van der Waals surface area contributed by atoms with Crippen LogP contribution in [0.15, 0.2) is 10.6 Å². The van der Waals surface area contributed by atoms with E-state index in [1.165, 1.54) is 0 Å². The molecular weight excluding hydrogens is 296 g/mol. The Morgan fingerprint density at radius 1 is 1.35 bits per heavy atom. The molecule has 1 aromatic heterocycles. The van der Waals surface area contributed by atoms with Crippen LogP contribution in [0.3, 0.4) is 0 Å². The van der Waals surface area contributed by atoms with Crippen molar-refractivity contribution in [3.8, 4) is 0 Å². The summed E-state index contributed by atoms with van der Waals surface area (Å²) in [6.45, 7) is 8.98. The van der Waals surface area contributed by atoms with Crippen molar-refractivity contribution in [2.24, 2.45) is 0 Å². The number of hydrogen-bond donors (Lipinski definition) is 2. The summed E-state index contributed by atoms with van der Waals surface area (Å²) in [4.78, 5) is 25.9. The molecule has 7 heteroatoms. The minimum atomic E-state index is -0.238. The van der Waals surface area contributed by atoms with Crippen molar-refractivity contribution in [1.82, 2.24) is 20.7 Å². The zero-order chi connectivity index (χ0) is 17.0. The van der Waals surface area contributed by atoms with E-state index in [4.69, 9.17) is 4.52 Å². The van der Waals surface area contributed by atoms with E-state index in [-0.39, 0.29) is 29.9 Å². The van der Waals surface area contributed by atoms with E-state index >= 15 is 0 Å². The number of aromatic nitrogens is 1. The van der Waals surface area contributed by atoms with Crippen LogP contribution in [0.1, 0.15) is 45.1 Å². The van der Waals surface area contributed by atoms with Gasteiger partial charge in [0.15, 0.2) is 0 Å². The van der Waals surface area contributed by atoms with Crippen LogP contribution in [0.4, 0.5) is 4.79 Å². The summed E-state index contributed by atoms with van der Waals surface area (Å²) in [7, 11) is 0. The van der Waals surface area contributed by atoms with Crippen LogP contribution in [0.5, 0.6) is 0 Å². The summed E-state index contributed by atoms with van der Waals surface area (Å²) in [6, 6.07) is 1.83. The highest BCUT2D eigenvalue weighted by Crippen LogP contribution is 2.12. The number of hydrogen-bond acceptors (Lipinski definition) is 4. The third kappa shape index (κ3) is 5.58. The van der Waals surface area contributed by atoms with Crippen LogP contribution >= 0.6 is 0 Å². The number of carbonyl (C=O) groups excluding carboxylic acids is 2. The molecule has 1 aliphatic rings. The second-order valence-corrected chi connectivity index (χ2v) is 7.11. The number of piperidine rings is 1. The van der Waals surface area contributed by atoms with E-state index in [0.717, 1.165) is 12.8 Å². The summed E-state index contributed by atoms with van der Waals surface area (Å²) in [5, 5.41) is 9.79. The van der Waals surface area contributed by atoms with Gasteiger partial charge in [-0.05, 0) is 40.5 Å². The predicted octanol–water partition coefficient (Wildman–Crippen LogP) is 1.61. The van der Waals surface area contributed by atoms with Crippen LogP contribution in [-0.2, 0) is 11.2 Å². The van der Waals surface area contributed by atoms with Gasteiger partial charge in [-0.1, -0.05) is 5.16 Å². The average Bonchev–Trinajstić information content (AvgIpc) is 2.82. The molecule has 0 spiro atoms. The molecule has 2 rings (SSSR count). The van der Waals surface area contributed by atoms with Gasteiger partial charge in [0.2, 0.25) is 5.91 Å². The molecule has 2 N–H and O–H groups in total. The number of urea groups is 1. The standard InChI is InChI=1S/C16H26N4O3/c1-11-9-13(19-23-11)10-14(21)17-12-5-7-20(8-6-12)15(22)18-16(2,3)4/h9,12H,5-8,10H2,1-4H3,(H,17,21)(H,18,22). The number of aryl methyl sites for hydroxylation is 1. The van der Waals surface area contributed by atoms with Crippen LogP contribution in [0.25, 0.3) is 0 Å². The van der Waals surface area contributed by atoms with Gasteiger partial charge >= 0.3 is 6.03 Å². The molecule has 7 nitrogen and oxygen atoms in total. The van der Waals surface area contributed by atoms with Gasteiger partial charge in [0, 0.05) is 30.7 Å². The van der Waals surface area contributed by atoms with Gasteiger partial charge in [-0.25, -0.2) is 4.79 Å². The molecule has 128 valence electrons. The number of carbonyl (C=O) groups is 2. The van der Waals surface area contributed by atoms with Gasteiger partial charge in [-0.3, -0.25) is 4.79 Å². The van der Waals surface area contributed by atoms with Crippen LogP contribution in [0, 0.1) is 6.92 Å². The maximum Gasteiger partial charge on any atom is 0.317 e. The monoisotopic (exact) mass is 322 g/mol. The van der Waals surface area contributed by atoms with Crippen LogP contribution < -0.4 is 10.6 Å². The molecule has 1 fully saturated rings. The lowest BCUT2D eigenvalue weighted by Crippen LogP contribution is -2.53. The summed E-state index contributed by atoms with van der Waals surface area (Å²) in [5.41, 5.74) is 0.403. The lowest BCUT2D eigenvalue weighted by Gasteiger charge is -2.34. The van der Waals surface area contributed by atoms with Crippen molar-refractivity contribution in [3.63, 3.8) is 0 Å². The molecule has 1 saturated heterocycles. The quantitative estimate of drug-likeness (QED) is 0.885. The maximum atomic E-state index is 12.1. The molecule has 3 amide bonds. The smallest absolute Gasteiger partial charge is 0.317 e. The van der Waals surface area contributed by atoms with Gasteiger partial charge < -0.3 is 20.1 Å². The fourth-order valence-electron chi connectivity index (χ4n) is 2.57. The topological polar surface area (TPSA) is 87.5 Å². The summed E-state index contributed by atoms with van der Waals surface area (Å²) < 4.78 is 4.95. The van der Waals surface area contributed by atoms with E-state index in [2.05, 4.69) is 15.8 Å². The van der Waals surface area contributed by atoms with Gasteiger partial charge in [-0.2, -0.15) is 0 Å². The Balaban J connectivity index is 1.74. The van der Waals surface area contributed by atoms with E-state index < -0.39 is 0 Å². The number of nitrogens with zero attached hydrogens (tertiary/aromatic N) is 2. The maximum absolute atomic E-state index is 12.1. The minimum absolute atomic E-state index is 0.0413. The molecule has 23 heavy (non-hydrogen) atoms. The Morgan fingerprint density at radius 2 is 2.00 bits per heavy atom.